The highest BCUT2D eigenvalue weighted by atomic mass is 16.5. The molecular weight excluding hydrogens is 332 g/mol. The molecule has 1 saturated carbocycles. The van der Waals surface area contributed by atoms with Crippen molar-refractivity contribution in [1.29, 1.82) is 0 Å². The summed E-state index contributed by atoms with van der Waals surface area (Å²) in [6.07, 6.45) is 6.87. The van der Waals surface area contributed by atoms with Crippen LogP contribution in [0.4, 0.5) is 0 Å². The van der Waals surface area contributed by atoms with Gasteiger partial charge in [0.25, 0.3) is 5.91 Å². The number of aryl methyl sites for hydroxylation is 1. The summed E-state index contributed by atoms with van der Waals surface area (Å²) in [4.78, 5) is 12.6. The average Bonchev–Trinajstić information content (AvgIpc) is 2.85. The Morgan fingerprint density at radius 2 is 1.81 bits per heavy atom. The fraction of sp³-hybridized carbons (Fsp3) is 0.500. The number of ether oxygens (including phenoxy) is 2. The van der Waals surface area contributed by atoms with Crippen LogP contribution >= 0.6 is 0 Å². The maximum atomic E-state index is 12.6. The molecule has 0 saturated heterocycles. The summed E-state index contributed by atoms with van der Waals surface area (Å²) < 4.78 is 16.2. The SMILES string of the molecule is COc1ccc(OCc2c(C(=O)NC3CCCCCC3)noc2C)cc1. The topological polar surface area (TPSA) is 73.6 Å². The number of benzene rings is 1. The molecule has 6 heteroatoms. The molecule has 3 rings (SSSR count). The molecule has 1 aromatic carbocycles. The first-order chi connectivity index (χ1) is 12.7. The van der Waals surface area contributed by atoms with E-state index in [4.69, 9.17) is 14.0 Å². The van der Waals surface area contributed by atoms with Crippen LogP contribution in [0, 0.1) is 6.92 Å². The van der Waals surface area contributed by atoms with Crippen LogP contribution in [-0.2, 0) is 6.61 Å². The molecule has 1 heterocycles. The van der Waals surface area contributed by atoms with Crippen molar-refractivity contribution in [1.82, 2.24) is 10.5 Å². The number of carbonyl (C=O) groups is 1. The van der Waals surface area contributed by atoms with Gasteiger partial charge in [0.15, 0.2) is 5.69 Å². The lowest BCUT2D eigenvalue weighted by atomic mass is 10.1. The Balaban J connectivity index is 1.64. The van der Waals surface area contributed by atoms with Crippen molar-refractivity contribution in [2.24, 2.45) is 0 Å². The van der Waals surface area contributed by atoms with Crippen molar-refractivity contribution in [2.75, 3.05) is 7.11 Å². The molecule has 1 N–H and O–H groups in total. The highest BCUT2D eigenvalue weighted by Crippen LogP contribution is 2.22. The van der Waals surface area contributed by atoms with Crippen molar-refractivity contribution in [3.05, 3.63) is 41.3 Å². The summed E-state index contributed by atoms with van der Waals surface area (Å²) >= 11 is 0. The normalized spacial score (nSPS) is 15.3. The van der Waals surface area contributed by atoms with Crippen molar-refractivity contribution >= 4 is 5.91 Å². The summed E-state index contributed by atoms with van der Waals surface area (Å²) in [5.74, 6) is 1.88. The van der Waals surface area contributed by atoms with E-state index < -0.39 is 0 Å². The zero-order valence-corrected chi connectivity index (χ0v) is 15.4. The van der Waals surface area contributed by atoms with Gasteiger partial charge in [-0.2, -0.15) is 0 Å². The van der Waals surface area contributed by atoms with Crippen LogP contribution in [0.25, 0.3) is 0 Å². The van der Waals surface area contributed by atoms with E-state index in [2.05, 4.69) is 10.5 Å². The van der Waals surface area contributed by atoms with Crippen molar-refractivity contribution in [3.63, 3.8) is 0 Å². The largest absolute Gasteiger partial charge is 0.497 e. The predicted octanol–water partition coefficient (Wildman–Crippen LogP) is 4.02. The molecule has 1 aliphatic carbocycles. The molecule has 140 valence electrons. The minimum atomic E-state index is -0.179. The lowest BCUT2D eigenvalue weighted by molar-refractivity contribution is 0.0922. The second kappa shape index (κ2) is 8.74. The molecule has 0 bridgehead atoms. The molecular formula is C20H26N2O4. The molecule has 6 nitrogen and oxygen atoms in total. The quantitative estimate of drug-likeness (QED) is 0.790. The number of nitrogens with zero attached hydrogens (tertiary/aromatic N) is 1. The van der Waals surface area contributed by atoms with Crippen LogP contribution in [0.15, 0.2) is 28.8 Å². The van der Waals surface area contributed by atoms with E-state index in [1.54, 1.807) is 14.0 Å². The number of rotatable bonds is 6. The first kappa shape index (κ1) is 18.3. The fourth-order valence-corrected chi connectivity index (χ4v) is 3.24. The molecule has 0 spiro atoms. The lowest BCUT2D eigenvalue weighted by Crippen LogP contribution is -2.35. The second-order valence-electron chi connectivity index (χ2n) is 6.69. The third kappa shape index (κ3) is 4.56. The van der Waals surface area contributed by atoms with Crippen molar-refractivity contribution < 1.29 is 18.8 Å². The minimum absolute atomic E-state index is 0.179. The zero-order valence-electron chi connectivity index (χ0n) is 15.4. The van der Waals surface area contributed by atoms with Gasteiger partial charge in [-0.25, -0.2) is 0 Å². The van der Waals surface area contributed by atoms with Gasteiger partial charge >= 0.3 is 0 Å². The minimum Gasteiger partial charge on any atom is -0.497 e. The molecule has 0 radical (unpaired) electrons. The molecule has 1 aliphatic rings. The zero-order chi connectivity index (χ0) is 18.4. The van der Waals surface area contributed by atoms with Crippen LogP contribution in [0.3, 0.4) is 0 Å². The molecule has 0 aliphatic heterocycles. The third-order valence-corrected chi connectivity index (χ3v) is 4.83. The molecule has 2 aromatic rings. The van der Waals surface area contributed by atoms with Gasteiger partial charge in [-0.1, -0.05) is 30.8 Å². The van der Waals surface area contributed by atoms with Gasteiger partial charge in [0, 0.05) is 6.04 Å². The highest BCUT2D eigenvalue weighted by Gasteiger charge is 2.23. The van der Waals surface area contributed by atoms with E-state index >= 15 is 0 Å². The molecule has 1 fully saturated rings. The second-order valence-corrected chi connectivity index (χ2v) is 6.69. The summed E-state index contributed by atoms with van der Waals surface area (Å²) in [7, 11) is 1.62. The van der Waals surface area contributed by atoms with Gasteiger partial charge in [-0.15, -0.1) is 0 Å². The van der Waals surface area contributed by atoms with Gasteiger partial charge in [-0.3, -0.25) is 4.79 Å². The average molecular weight is 358 g/mol. The van der Waals surface area contributed by atoms with Crippen LogP contribution in [0.2, 0.25) is 0 Å². The number of aromatic nitrogens is 1. The van der Waals surface area contributed by atoms with Crippen LogP contribution in [0.5, 0.6) is 11.5 Å². The Hall–Kier alpha value is -2.50. The Morgan fingerprint density at radius 3 is 2.46 bits per heavy atom. The number of hydrogen-bond donors (Lipinski definition) is 1. The van der Waals surface area contributed by atoms with Crippen molar-refractivity contribution in [3.8, 4) is 11.5 Å². The number of nitrogens with one attached hydrogen (secondary N) is 1. The first-order valence-corrected chi connectivity index (χ1v) is 9.20. The molecule has 0 unspecified atom stereocenters. The van der Waals surface area contributed by atoms with Gasteiger partial charge in [0.2, 0.25) is 0 Å². The Morgan fingerprint density at radius 1 is 1.15 bits per heavy atom. The summed E-state index contributed by atoms with van der Waals surface area (Å²) in [5, 5.41) is 7.07. The van der Waals surface area contributed by atoms with Crippen LogP contribution in [0.1, 0.15) is 60.3 Å². The van der Waals surface area contributed by atoms with Gasteiger partial charge in [0.1, 0.15) is 23.9 Å². The number of carbonyl (C=O) groups excluding carboxylic acids is 1. The van der Waals surface area contributed by atoms with Gasteiger partial charge < -0.3 is 19.3 Å². The van der Waals surface area contributed by atoms with Crippen LogP contribution in [-0.4, -0.2) is 24.2 Å². The monoisotopic (exact) mass is 358 g/mol. The molecule has 26 heavy (non-hydrogen) atoms. The molecule has 0 atom stereocenters. The van der Waals surface area contributed by atoms with E-state index in [-0.39, 0.29) is 18.6 Å². The molecule has 1 aromatic heterocycles. The predicted molar refractivity (Wildman–Crippen MR) is 97.5 cm³/mol. The maximum Gasteiger partial charge on any atom is 0.274 e. The summed E-state index contributed by atoms with van der Waals surface area (Å²) in [6, 6.07) is 7.53. The standard InChI is InChI=1S/C20H26N2O4/c1-14-18(13-25-17-11-9-16(24-2)10-12-17)19(22-26-14)20(23)21-15-7-5-3-4-6-8-15/h9-12,15H,3-8,13H2,1-2H3,(H,21,23). The van der Waals surface area contributed by atoms with E-state index in [9.17, 15) is 4.79 Å². The number of hydrogen-bond acceptors (Lipinski definition) is 5. The summed E-state index contributed by atoms with van der Waals surface area (Å²) in [5.41, 5.74) is 1.01. The number of amides is 1. The van der Waals surface area contributed by atoms with Crippen LogP contribution < -0.4 is 14.8 Å². The van der Waals surface area contributed by atoms with E-state index in [1.165, 1.54) is 12.8 Å². The van der Waals surface area contributed by atoms with Gasteiger partial charge in [0.05, 0.1) is 12.7 Å². The van der Waals surface area contributed by atoms with E-state index in [0.29, 0.717) is 22.8 Å². The van der Waals surface area contributed by atoms with E-state index in [1.807, 2.05) is 24.3 Å². The van der Waals surface area contributed by atoms with E-state index in [0.717, 1.165) is 31.4 Å². The Labute approximate surface area is 153 Å². The Bertz CT molecular complexity index is 716. The van der Waals surface area contributed by atoms with Crippen molar-refractivity contribution in [2.45, 2.75) is 58.1 Å². The fourth-order valence-electron chi connectivity index (χ4n) is 3.24. The Kier molecular flexibility index (Phi) is 6.15. The third-order valence-electron chi connectivity index (χ3n) is 4.83. The lowest BCUT2D eigenvalue weighted by Gasteiger charge is -2.15. The first-order valence-electron chi connectivity index (χ1n) is 9.20. The number of methoxy groups -OCH3 is 1. The van der Waals surface area contributed by atoms with Gasteiger partial charge in [-0.05, 0) is 44.0 Å². The smallest absolute Gasteiger partial charge is 0.274 e. The highest BCUT2D eigenvalue weighted by molar-refractivity contribution is 5.93. The summed E-state index contributed by atoms with van der Waals surface area (Å²) in [6.45, 7) is 2.03. The molecule has 1 amide bonds. The maximum absolute atomic E-state index is 12.6.